The first-order valence-electron chi connectivity index (χ1n) is 8.80. The number of hydrogen-bond donors (Lipinski definition) is 0. The fourth-order valence-corrected chi connectivity index (χ4v) is 3.43. The van der Waals surface area contributed by atoms with Crippen molar-refractivity contribution in [1.82, 2.24) is 9.88 Å². The maximum absolute atomic E-state index is 12.9. The molecule has 132 valence electrons. The summed E-state index contributed by atoms with van der Waals surface area (Å²) in [6.07, 6.45) is 4.12. The maximum atomic E-state index is 12.9. The summed E-state index contributed by atoms with van der Waals surface area (Å²) in [6.45, 7) is 3.48. The summed E-state index contributed by atoms with van der Waals surface area (Å²) < 4.78 is 5.90. The molecule has 0 spiro atoms. The van der Waals surface area contributed by atoms with Gasteiger partial charge in [-0.15, -0.1) is 0 Å². The molecule has 2 heterocycles. The van der Waals surface area contributed by atoms with Crippen molar-refractivity contribution in [2.45, 2.75) is 38.2 Å². The fraction of sp³-hybridized carbons (Fsp3) is 0.400. The van der Waals surface area contributed by atoms with E-state index < -0.39 is 0 Å². The van der Waals surface area contributed by atoms with Crippen LogP contribution in [-0.2, 0) is 4.79 Å². The zero-order valence-electron chi connectivity index (χ0n) is 14.4. The SMILES string of the molecule is CC[C@@H](C(=O)N1CCC(Oc2ncccc2Cl)CC1)c1ccccc1. The fourth-order valence-electron chi connectivity index (χ4n) is 3.27. The minimum Gasteiger partial charge on any atom is -0.473 e. The Morgan fingerprint density at radius 3 is 2.60 bits per heavy atom. The number of hydrogen-bond acceptors (Lipinski definition) is 3. The van der Waals surface area contributed by atoms with E-state index in [9.17, 15) is 4.79 Å². The van der Waals surface area contributed by atoms with Crippen molar-refractivity contribution in [3.8, 4) is 5.88 Å². The molecule has 3 rings (SSSR count). The van der Waals surface area contributed by atoms with E-state index in [1.807, 2.05) is 35.2 Å². The molecule has 4 nitrogen and oxygen atoms in total. The van der Waals surface area contributed by atoms with Gasteiger partial charge in [0.2, 0.25) is 11.8 Å². The molecule has 0 N–H and O–H groups in total. The van der Waals surface area contributed by atoms with E-state index in [1.165, 1.54) is 0 Å². The van der Waals surface area contributed by atoms with Crippen molar-refractivity contribution in [2.24, 2.45) is 0 Å². The summed E-state index contributed by atoms with van der Waals surface area (Å²) in [4.78, 5) is 19.0. The van der Waals surface area contributed by atoms with Crippen LogP contribution >= 0.6 is 11.6 Å². The van der Waals surface area contributed by atoms with Gasteiger partial charge in [0.15, 0.2) is 0 Å². The smallest absolute Gasteiger partial charge is 0.232 e. The van der Waals surface area contributed by atoms with Crippen LogP contribution < -0.4 is 4.74 Å². The number of pyridine rings is 1. The number of halogens is 1. The first-order valence-corrected chi connectivity index (χ1v) is 9.17. The van der Waals surface area contributed by atoms with Gasteiger partial charge in [-0.3, -0.25) is 4.79 Å². The lowest BCUT2D eigenvalue weighted by atomic mass is 9.94. The summed E-state index contributed by atoms with van der Waals surface area (Å²) in [5.41, 5.74) is 1.09. The van der Waals surface area contributed by atoms with Crippen LogP contribution in [0.2, 0.25) is 5.02 Å². The molecular formula is C20H23ClN2O2. The Bertz CT molecular complexity index is 700. The highest BCUT2D eigenvalue weighted by atomic mass is 35.5. The number of ether oxygens (including phenoxy) is 1. The summed E-state index contributed by atoms with van der Waals surface area (Å²) in [5.74, 6) is 0.622. The van der Waals surface area contributed by atoms with Gasteiger partial charge in [-0.05, 0) is 24.1 Å². The number of piperidine rings is 1. The molecule has 1 amide bonds. The second kappa shape index (κ2) is 8.34. The molecule has 0 saturated carbocycles. The van der Waals surface area contributed by atoms with Crippen molar-refractivity contribution < 1.29 is 9.53 Å². The lowest BCUT2D eigenvalue weighted by molar-refractivity contribution is -0.134. The summed E-state index contributed by atoms with van der Waals surface area (Å²) >= 11 is 6.10. The van der Waals surface area contributed by atoms with Gasteiger partial charge in [-0.2, -0.15) is 0 Å². The number of carbonyl (C=O) groups excluding carboxylic acids is 1. The Morgan fingerprint density at radius 2 is 1.96 bits per heavy atom. The Labute approximate surface area is 153 Å². The highest BCUT2D eigenvalue weighted by Crippen LogP contribution is 2.27. The molecule has 0 unspecified atom stereocenters. The summed E-state index contributed by atoms with van der Waals surface area (Å²) in [5, 5.41) is 0.524. The van der Waals surface area contributed by atoms with Crippen LogP contribution in [0.25, 0.3) is 0 Å². The van der Waals surface area contributed by atoms with E-state index in [4.69, 9.17) is 16.3 Å². The number of benzene rings is 1. The average Bonchev–Trinajstić information content (AvgIpc) is 2.66. The molecule has 1 saturated heterocycles. The van der Waals surface area contributed by atoms with Crippen LogP contribution in [-0.4, -0.2) is 35.0 Å². The van der Waals surface area contributed by atoms with Gasteiger partial charge in [-0.1, -0.05) is 48.9 Å². The molecule has 1 fully saturated rings. The van der Waals surface area contributed by atoms with Gasteiger partial charge in [0.05, 0.1) is 5.92 Å². The third-order valence-electron chi connectivity index (χ3n) is 4.66. The lowest BCUT2D eigenvalue weighted by Gasteiger charge is -2.34. The molecule has 0 radical (unpaired) electrons. The van der Waals surface area contributed by atoms with Crippen molar-refractivity contribution in [3.63, 3.8) is 0 Å². The van der Waals surface area contributed by atoms with E-state index in [-0.39, 0.29) is 17.9 Å². The Morgan fingerprint density at radius 1 is 1.24 bits per heavy atom. The van der Waals surface area contributed by atoms with Crippen molar-refractivity contribution >= 4 is 17.5 Å². The van der Waals surface area contributed by atoms with Crippen LogP contribution in [0.3, 0.4) is 0 Å². The largest absolute Gasteiger partial charge is 0.473 e. The number of rotatable bonds is 5. The minimum atomic E-state index is -0.0658. The van der Waals surface area contributed by atoms with Crippen LogP contribution in [0.1, 0.15) is 37.7 Å². The first-order chi connectivity index (χ1) is 12.2. The van der Waals surface area contributed by atoms with Gasteiger partial charge in [-0.25, -0.2) is 4.98 Å². The van der Waals surface area contributed by atoms with Crippen molar-refractivity contribution in [3.05, 3.63) is 59.2 Å². The number of nitrogens with zero attached hydrogens (tertiary/aromatic N) is 2. The summed E-state index contributed by atoms with van der Waals surface area (Å²) in [7, 11) is 0. The Kier molecular flexibility index (Phi) is 5.92. The van der Waals surface area contributed by atoms with Crippen LogP contribution in [0.5, 0.6) is 5.88 Å². The number of carbonyl (C=O) groups is 1. The molecule has 5 heteroatoms. The van der Waals surface area contributed by atoms with Crippen molar-refractivity contribution in [1.29, 1.82) is 0 Å². The molecular weight excluding hydrogens is 336 g/mol. The number of likely N-dealkylation sites (tertiary alicyclic amines) is 1. The molecule has 2 aromatic rings. The molecule has 1 atom stereocenters. The molecule has 0 bridgehead atoms. The van der Waals surface area contributed by atoms with E-state index in [0.717, 1.165) is 24.8 Å². The first kappa shape index (κ1) is 17.7. The molecule has 1 aliphatic rings. The second-order valence-electron chi connectivity index (χ2n) is 6.30. The normalized spacial score (nSPS) is 16.5. The van der Waals surface area contributed by atoms with Crippen molar-refractivity contribution in [2.75, 3.05) is 13.1 Å². The molecule has 1 aliphatic heterocycles. The quantitative estimate of drug-likeness (QED) is 0.800. The van der Waals surface area contributed by atoms with E-state index in [2.05, 4.69) is 11.9 Å². The van der Waals surface area contributed by atoms with Gasteiger partial charge in [0.25, 0.3) is 0 Å². The molecule has 1 aromatic heterocycles. The van der Waals surface area contributed by atoms with Gasteiger partial charge in [0, 0.05) is 32.1 Å². The van der Waals surface area contributed by atoms with Gasteiger partial charge in [0.1, 0.15) is 11.1 Å². The van der Waals surface area contributed by atoms with E-state index in [0.29, 0.717) is 24.0 Å². The maximum Gasteiger partial charge on any atom is 0.232 e. The second-order valence-corrected chi connectivity index (χ2v) is 6.71. The lowest BCUT2D eigenvalue weighted by Crippen LogP contribution is -2.43. The highest BCUT2D eigenvalue weighted by molar-refractivity contribution is 6.31. The van der Waals surface area contributed by atoms with Crippen LogP contribution in [0.4, 0.5) is 0 Å². The monoisotopic (exact) mass is 358 g/mol. The van der Waals surface area contributed by atoms with Crippen LogP contribution in [0, 0.1) is 0 Å². The number of aromatic nitrogens is 1. The summed E-state index contributed by atoms with van der Waals surface area (Å²) in [6, 6.07) is 13.6. The zero-order chi connectivity index (χ0) is 17.6. The predicted octanol–water partition coefficient (Wildman–Crippen LogP) is 4.30. The zero-order valence-corrected chi connectivity index (χ0v) is 15.2. The van der Waals surface area contributed by atoms with Gasteiger partial charge < -0.3 is 9.64 Å². The molecule has 1 aromatic carbocycles. The Hall–Kier alpha value is -2.07. The molecule has 0 aliphatic carbocycles. The number of amides is 1. The highest BCUT2D eigenvalue weighted by Gasteiger charge is 2.29. The van der Waals surface area contributed by atoms with E-state index in [1.54, 1.807) is 18.3 Å². The third kappa shape index (κ3) is 4.31. The average molecular weight is 359 g/mol. The minimum absolute atomic E-state index is 0.0493. The topological polar surface area (TPSA) is 42.4 Å². The molecule has 25 heavy (non-hydrogen) atoms. The Balaban J connectivity index is 1.58. The van der Waals surface area contributed by atoms with Gasteiger partial charge >= 0.3 is 0 Å². The van der Waals surface area contributed by atoms with E-state index >= 15 is 0 Å². The standard InChI is InChI=1S/C20H23ClN2O2/c1-2-17(15-7-4-3-5-8-15)20(24)23-13-10-16(11-14-23)25-19-18(21)9-6-12-22-19/h3-9,12,16-17H,2,10-11,13-14H2,1H3/t17-/m1/s1. The predicted molar refractivity (Wildman–Crippen MR) is 99.0 cm³/mol. The third-order valence-corrected chi connectivity index (χ3v) is 4.95. The van der Waals surface area contributed by atoms with Crippen LogP contribution in [0.15, 0.2) is 48.7 Å².